The first kappa shape index (κ1) is 21.0. The van der Waals surface area contributed by atoms with Crippen molar-refractivity contribution in [3.8, 4) is 11.5 Å². The van der Waals surface area contributed by atoms with Crippen LogP contribution < -0.4 is 4.74 Å². The highest BCUT2D eigenvalue weighted by Gasteiger charge is 2.32. The highest BCUT2D eigenvalue weighted by Crippen LogP contribution is 2.29. The lowest BCUT2D eigenvalue weighted by molar-refractivity contribution is -0.141. The number of ether oxygens (including phenoxy) is 1. The van der Waals surface area contributed by atoms with Gasteiger partial charge in [-0.2, -0.15) is 13.2 Å². The average Bonchev–Trinajstić information content (AvgIpc) is 2.66. The largest absolute Gasteiger partial charge is 0.456 e. The van der Waals surface area contributed by atoms with Gasteiger partial charge in [-0.1, -0.05) is 23.7 Å². The molecule has 0 spiro atoms. The van der Waals surface area contributed by atoms with E-state index in [2.05, 4.69) is 15.0 Å². The van der Waals surface area contributed by atoms with Gasteiger partial charge in [0.1, 0.15) is 23.0 Å². The molecule has 0 radical (unpaired) electrons. The quantitative estimate of drug-likeness (QED) is 0.480. The fraction of sp³-hybridized carbons (Fsp3) is 0.286. The number of benzene rings is 1. The number of hydrogen-bond donors (Lipinski definition) is 0. The number of halogens is 4. The van der Waals surface area contributed by atoms with Gasteiger partial charge in [0.15, 0.2) is 0 Å². The first-order valence-electron chi connectivity index (χ1n) is 9.02. The third-order valence-electron chi connectivity index (χ3n) is 4.26. The number of alkyl halides is 3. The third-order valence-corrected chi connectivity index (χ3v) is 4.75. The molecule has 4 nitrogen and oxygen atoms in total. The second kappa shape index (κ2) is 8.78. The van der Waals surface area contributed by atoms with Crippen molar-refractivity contribution in [3.05, 3.63) is 76.1 Å². The summed E-state index contributed by atoms with van der Waals surface area (Å²) in [5, 5.41) is 0.615. The smallest absolute Gasteiger partial charge is 0.433 e. The van der Waals surface area contributed by atoms with E-state index < -0.39 is 11.9 Å². The molecule has 2 aromatic heterocycles. The highest BCUT2D eigenvalue weighted by atomic mass is 35.5. The van der Waals surface area contributed by atoms with Crippen LogP contribution in [-0.2, 0) is 19.0 Å². The Kier molecular flexibility index (Phi) is 6.37. The van der Waals surface area contributed by atoms with Crippen LogP contribution in [0.4, 0.5) is 13.2 Å². The minimum atomic E-state index is -4.46. The summed E-state index contributed by atoms with van der Waals surface area (Å²) in [6.07, 6.45) is -0.947. The van der Waals surface area contributed by atoms with E-state index in [-0.39, 0.29) is 5.75 Å². The Bertz CT molecular complexity index is 974. The van der Waals surface area contributed by atoms with Crippen LogP contribution in [0.15, 0.2) is 42.6 Å². The van der Waals surface area contributed by atoms with E-state index in [0.29, 0.717) is 16.6 Å². The van der Waals surface area contributed by atoms with Crippen LogP contribution in [0, 0.1) is 13.8 Å². The van der Waals surface area contributed by atoms with E-state index >= 15 is 0 Å². The van der Waals surface area contributed by atoms with Crippen molar-refractivity contribution < 1.29 is 17.9 Å². The minimum absolute atomic E-state index is 0.245. The van der Waals surface area contributed by atoms with Gasteiger partial charge in [-0.25, -0.2) is 15.0 Å². The summed E-state index contributed by atoms with van der Waals surface area (Å²) in [7, 11) is 0. The van der Waals surface area contributed by atoms with E-state index in [1.54, 1.807) is 12.1 Å². The molecule has 1 aromatic carbocycles. The molecule has 152 valence electrons. The minimum Gasteiger partial charge on any atom is -0.456 e. The number of pyridine rings is 1. The molecule has 8 heteroatoms. The van der Waals surface area contributed by atoms with Gasteiger partial charge in [-0.15, -0.1) is 0 Å². The van der Waals surface area contributed by atoms with Crippen LogP contribution in [0.3, 0.4) is 0 Å². The zero-order chi connectivity index (χ0) is 21.0. The number of nitrogens with zero attached hydrogens (tertiary/aromatic N) is 3. The zero-order valence-corrected chi connectivity index (χ0v) is 16.7. The molecule has 0 bridgehead atoms. The summed E-state index contributed by atoms with van der Waals surface area (Å²) >= 11 is 6.27. The van der Waals surface area contributed by atoms with Crippen LogP contribution in [-0.4, -0.2) is 15.0 Å². The molecule has 0 aliphatic rings. The normalized spacial score (nSPS) is 11.5. The van der Waals surface area contributed by atoms with Gasteiger partial charge >= 0.3 is 6.18 Å². The van der Waals surface area contributed by atoms with Crippen molar-refractivity contribution in [1.29, 1.82) is 0 Å². The molecule has 0 aliphatic heterocycles. The van der Waals surface area contributed by atoms with Gasteiger partial charge < -0.3 is 4.74 Å². The molecule has 29 heavy (non-hydrogen) atoms. The Balaban J connectivity index is 1.55. The molecule has 0 unspecified atom stereocenters. The van der Waals surface area contributed by atoms with Gasteiger partial charge in [0, 0.05) is 0 Å². The maximum atomic E-state index is 12.5. The van der Waals surface area contributed by atoms with Crippen LogP contribution in [0.1, 0.15) is 34.9 Å². The van der Waals surface area contributed by atoms with Crippen molar-refractivity contribution in [2.24, 2.45) is 0 Å². The molecular weight excluding hydrogens is 403 g/mol. The molecule has 0 atom stereocenters. The second-order valence-corrected chi connectivity index (χ2v) is 6.97. The number of aryl methyl sites for hydroxylation is 4. The molecule has 0 fully saturated rings. The topological polar surface area (TPSA) is 47.9 Å². The number of aromatic nitrogens is 3. The first-order valence-corrected chi connectivity index (χ1v) is 9.40. The summed E-state index contributed by atoms with van der Waals surface area (Å²) < 4.78 is 43.2. The summed E-state index contributed by atoms with van der Waals surface area (Å²) in [4.78, 5) is 12.0. The monoisotopic (exact) mass is 421 g/mol. The van der Waals surface area contributed by atoms with Crippen molar-refractivity contribution in [1.82, 2.24) is 15.0 Å². The zero-order valence-electron chi connectivity index (χ0n) is 15.9. The molecule has 0 N–H and O–H groups in total. The lowest BCUT2D eigenvalue weighted by Crippen LogP contribution is -2.07. The first-order chi connectivity index (χ1) is 13.7. The molecule has 0 aliphatic carbocycles. The maximum absolute atomic E-state index is 12.5. The average molecular weight is 422 g/mol. The molecule has 0 amide bonds. The van der Waals surface area contributed by atoms with E-state index in [0.717, 1.165) is 48.5 Å². The fourth-order valence-electron chi connectivity index (χ4n) is 2.86. The molecule has 0 saturated heterocycles. The molecule has 0 saturated carbocycles. The molecule has 3 rings (SSSR count). The lowest BCUT2D eigenvalue weighted by atomic mass is 10.1. The van der Waals surface area contributed by atoms with Crippen molar-refractivity contribution in [2.75, 3.05) is 0 Å². The third kappa shape index (κ3) is 5.67. The van der Waals surface area contributed by atoms with E-state index in [9.17, 15) is 13.2 Å². The Morgan fingerprint density at radius 3 is 2.24 bits per heavy atom. The van der Waals surface area contributed by atoms with Crippen LogP contribution in [0.25, 0.3) is 0 Å². The SMILES string of the molecule is Cc1nc(C)c(Cl)c(CCCc2ccc(Oc3ccc(C(F)(F)F)nc3)cc2)n1. The van der Waals surface area contributed by atoms with Gasteiger partial charge in [-0.05, 0) is 62.9 Å². The fourth-order valence-corrected chi connectivity index (χ4v) is 3.04. The van der Waals surface area contributed by atoms with Crippen molar-refractivity contribution in [3.63, 3.8) is 0 Å². The highest BCUT2D eigenvalue weighted by molar-refractivity contribution is 6.31. The Morgan fingerprint density at radius 1 is 0.931 bits per heavy atom. The number of hydrogen-bond acceptors (Lipinski definition) is 4. The Hall–Kier alpha value is -2.67. The van der Waals surface area contributed by atoms with E-state index in [1.165, 1.54) is 6.07 Å². The van der Waals surface area contributed by atoms with E-state index in [1.807, 2.05) is 26.0 Å². The summed E-state index contributed by atoms with van der Waals surface area (Å²) in [6, 6.07) is 9.54. The predicted molar refractivity (Wildman–Crippen MR) is 104 cm³/mol. The van der Waals surface area contributed by atoms with Crippen molar-refractivity contribution >= 4 is 11.6 Å². The predicted octanol–water partition coefficient (Wildman–Crippen LogP) is 6.13. The maximum Gasteiger partial charge on any atom is 0.433 e. The summed E-state index contributed by atoms with van der Waals surface area (Å²) in [6.45, 7) is 3.71. The second-order valence-electron chi connectivity index (χ2n) is 6.59. The van der Waals surface area contributed by atoms with Crippen LogP contribution >= 0.6 is 11.6 Å². The van der Waals surface area contributed by atoms with Crippen LogP contribution in [0.5, 0.6) is 11.5 Å². The van der Waals surface area contributed by atoms with Gasteiger partial charge in [0.25, 0.3) is 0 Å². The number of rotatable bonds is 6. The van der Waals surface area contributed by atoms with Crippen LogP contribution in [0.2, 0.25) is 5.02 Å². The van der Waals surface area contributed by atoms with Gasteiger partial charge in [-0.3, -0.25) is 0 Å². The van der Waals surface area contributed by atoms with Crippen molar-refractivity contribution in [2.45, 2.75) is 39.3 Å². The lowest BCUT2D eigenvalue weighted by Gasteiger charge is -2.09. The Labute approximate surface area is 171 Å². The summed E-state index contributed by atoms with van der Waals surface area (Å²) in [5.41, 5.74) is 1.80. The Morgan fingerprint density at radius 2 is 1.62 bits per heavy atom. The van der Waals surface area contributed by atoms with Gasteiger partial charge in [0.2, 0.25) is 0 Å². The molecule has 2 heterocycles. The molecule has 3 aromatic rings. The van der Waals surface area contributed by atoms with E-state index in [4.69, 9.17) is 16.3 Å². The summed E-state index contributed by atoms with van der Waals surface area (Å²) in [5.74, 6) is 1.48. The standard InChI is InChI=1S/C21H19ClF3N3O/c1-13-20(22)18(28-14(2)27-13)5-3-4-15-6-8-16(9-7-15)29-17-10-11-19(26-12-17)21(23,24)25/h6-12H,3-5H2,1-2H3. The van der Waals surface area contributed by atoms with Gasteiger partial charge in [0.05, 0.1) is 22.6 Å². The molecular formula is C21H19ClF3N3O.